The molecule has 0 aliphatic rings. The molecule has 1 amide bonds. The molecule has 0 atom stereocenters. The van der Waals surface area contributed by atoms with Crippen molar-refractivity contribution in [3.8, 4) is 11.4 Å². The van der Waals surface area contributed by atoms with Crippen molar-refractivity contribution in [2.45, 2.75) is 6.54 Å². The second-order valence-electron chi connectivity index (χ2n) is 7.13. The molecular weight excluding hydrogens is 418 g/mol. The van der Waals surface area contributed by atoms with E-state index in [9.17, 15) is 18.4 Å². The van der Waals surface area contributed by atoms with Gasteiger partial charge in [-0.2, -0.15) is 5.21 Å². The zero-order valence-corrected chi connectivity index (χ0v) is 16.3. The summed E-state index contributed by atoms with van der Waals surface area (Å²) in [5, 5.41) is 16.5. The maximum atomic E-state index is 14.2. The van der Waals surface area contributed by atoms with Crippen LogP contribution in [0.15, 0.2) is 59.4 Å². The van der Waals surface area contributed by atoms with Crippen LogP contribution in [0.4, 0.5) is 8.78 Å². The fourth-order valence-electron chi connectivity index (χ4n) is 3.53. The van der Waals surface area contributed by atoms with Gasteiger partial charge in [-0.25, -0.2) is 8.78 Å². The van der Waals surface area contributed by atoms with E-state index in [2.05, 4.69) is 30.9 Å². The minimum Gasteiger partial charge on any atom is -0.354 e. The second-order valence-corrected chi connectivity index (χ2v) is 7.13. The number of H-pyrrole nitrogens is 2. The van der Waals surface area contributed by atoms with E-state index in [4.69, 9.17) is 0 Å². The third-order valence-corrected chi connectivity index (χ3v) is 5.09. The van der Waals surface area contributed by atoms with Crippen molar-refractivity contribution in [1.29, 1.82) is 0 Å². The van der Waals surface area contributed by atoms with Crippen LogP contribution in [0.25, 0.3) is 33.2 Å². The second kappa shape index (κ2) is 7.65. The molecule has 2 aromatic heterocycles. The lowest BCUT2D eigenvalue weighted by Gasteiger charge is -2.10. The number of nitrogens with zero attached hydrogens (tertiary/aromatic N) is 3. The Bertz CT molecular complexity index is 1530. The first-order valence-electron chi connectivity index (χ1n) is 9.55. The summed E-state index contributed by atoms with van der Waals surface area (Å²) in [4.78, 5) is 28.6. The number of hydrogen-bond acceptors (Lipinski definition) is 5. The number of rotatable bonds is 4. The Balaban J connectivity index is 1.46. The minimum absolute atomic E-state index is 0.0215. The number of aromatic nitrogens is 5. The van der Waals surface area contributed by atoms with E-state index in [1.807, 2.05) is 0 Å². The lowest BCUT2D eigenvalue weighted by atomic mass is 10.0. The van der Waals surface area contributed by atoms with E-state index < -0.39 is 23.0 Å². The van der Waals surface area contributed by atoms with Gasteiger partial charge in [0.2, 0.25) is 5.82 Å². The van der Waals surface area contributed by atoms with E-state index >= 15 is 0 Å². The maximum Gasteiger partial charge on any atom is 0.253 e. The third-order valence-electron chi connectivity index (χ3n) is 5.09. The third kappa shape index (κ3) is 3.47. The molecule has 10 heteroatoms. The quantitative estimate of drug-likeness (QED) is 0.378. The number of carbonyl (C=O) groups excluding carboxylic acids is 1. The van der Waals surface area contributed by atoms with Crippen molar-refractivity contribution in [3.05, 3.63) is 87.6 Å². The van der Waals surface area contributed by atoms with E-state index in [0.29, 0.717) is 11.3 Å². The van der Waals surface area contributed by atoms with Crippen molar-refractivity contribution in [3.63, 3.8) is 0 Å². The van der Waals surface area contributed by atoms with Gasteiger partial charge in [0.25, 0.3) is 5.91 Å². The molecule has 2 heterocycles. The number of nitrogens with one attached hydrogen (secondary N) is 3. The van der Waals surface area contributed by atoms with E-state index in [1.54, 1.807) is 24.3 Å². The first-order valence-corrected chi connectivity index (χ1v) is 9.55. The largest absolute Gasteiger partial charge is 0.354 e. The van der Waals surface area contributed by atoms with Crippen LogP contribution in [0, 0.1) is 11.6 Å². The number of pyridine rings is 1. The van der Waals surface area contributed by atoms with Crippen LogP contribution in [0.3, 0.4) is 0 Å². The summed E-state index contributed by atoms with van der Waals surface area (Å²) in [6, 6.07) is 12.9. The topological polar surface area (TPSA) is 116 Å². The molecule has 32 heavy (non-hydrogen) atoms. The molecule has 3 aromatic carbocycles. The molecule has 0 saturated heterocycles. The Morgan fingerprint density at radius 2 is 1.75 bits per heavy atom. The summed E-state index contributed by atoms with van der Waals surface area (Å²) in [5.41, 5.74) is 1.50. The van der Waals surface area contributed by atoms with Crippen molar-refractivity contribution < 1.29 is 13.6 Å². The highest BCUT2D eigenvalue weighted by molar-refractivity contribution is 6.07. The average Bonchev–Trinajstić information content (AvgIpc) is 3.33. The summed E-state index contributed by atoms with van der Waals surface area (Å²) < 4.78 is 27.8. The van der Waals surface area contributed by atoms with Crippen LogP contribution < -0.4 is 10.7 Å². The molecule has 0 spiro atoms. The first kappa shape index (κ1) is 19.5. The lowest BCUT2D eigenvalue weighted by Crippen LogP contribution is -2.24. The Kier molecular flexibility index (Phi) is 4.66. The van der Waals surface area contributed by atoms with E-state index in [-0.39, 0.29) is 28.4 Å². The minimum atomic E-state index is -0.742. The maximum absolute atomic E-state index is 14.2. The standard InChI is InChI=1S/C22H14F2N6O2/c23-13-5-6-18-15(7-13)20(31)16-8-14(24)9-17(19(16)26-18)22(32)25-10-11-1-3-12(4-2-11)21-27-29-30-28-21/h1-9H,10H2,(H,25,32)(H,26,31)(H,27,28,29,30). The molecule has 0 bridgehead atoms. The molecule has 3 N–H and O–H groups in total. The van der Waals surface area contributed by atoms with Crippen LogP contribution in [0.2, 0.25) is 0 Å². The highest BCUT2D eigenvalue weighted by Crippen LogP contribution is 2.21. The van der Waals surface area contributed by atoms with Gasteiger partial charge in [-0.15, -0.1) is 10.2 Å². The van der Waals surface area contributed by atoms with Crippen LogP contribution in [-0.2, 0) is 6.54 Å². The molecule has 0 fully saturated rings. The van der Waals surface area contributed by atoms with Gasteiger partial charge in [0.15, 0.2) is 5.43 Å². The Morgan fingerprint density at radius 3 is 2.50 bits per heavy atom. The predicted octanol–water partition coefficient (Wildman–Crippen LogP) is 3.07. The van der Waals surface area contributed by atoms with Gasteiger partial charge in [-0.1, -0.05) is 24.3 Å². The molecule has 5 aromatic rings. The molecule has 0 unspecified atom stereocenters. The number of benzene rings is 3. The van der Waals surface area contributed by atoms with Crippen molar-refractivity contribution in [2.24, 2.45) is 0 Å². The van der Waals surface area contributed by atoms with Crippen LogP contribution in [0.1, 0.15) is 15.9 Å². The van der Waals surface area contributed by atoms with Gasteiger partial charge < -0.3 is 10.3 Å². The highest BCUT2D eigenvalue weighted by Gasteiger charge is 2.16. The first-order chi connectivity index (χ1) is 15.5. The average molecular weight is 432 g/mol. The summed E-state index contributed by atoms with van der Waals surface area (Å²) in [7, 11) is 0. The molecular formula is C22H14F2N6O2. The zero-order chi connectivity index (χ0) is 22.2. The number of aromatic amines is 2. The molecule has 0 radical (unpaired) electrons. The Hall–Kier alpha value is -4.47. The summed E-state index contributed by atoms with van der Waals surface area (Å²) in [5.74, 6) is -1.44. The van der Waals surface area contributed by atoms with Gasteiger partial charge in [-0.05, 0) is 41.1 Å². The highest BCUT2D eigenvalue weighted by atomic mass is 19.1. The predicted molar refractivity (Wildman–Crippen MR) is 113 cm³/mol. The number of carbonyl (C=O) groups is 1. The molecule has 0 aliphatic heterocycles. The van der Waals surface area contributed by atoms with Gasteiger partial charge >= 0.3 is 0 Å². The lowest BCUT2D eigenvalue weighted by molar-refractivity contribution is 0.0952. The fraction of sp³-hybridized carbons (Fsp3) is 0.0455. The number of hydrogen-bond donors (Lipinski definition) is 3. The molecule has 0 saturated carbocycles. The monoisotopic (exact) mass is 432 g/mol. The van der Waals surface area contributed by atoms with Gasteiger partial charge in [0.05, 0.1) is 11.1 Å². The van der Waals surface area contributed by atoms with Gasteiger partial charge in [-0.3, -0.25) is 9.59 Å². The van der Waals surface area contributed by atoms with Crippen LogP contribution >= 0.6 is 0 Å². The van der Waals surface area contributed by atoms with Crippen LogP contribution in [0.5, 0.6) is 0 Å². The number of halogens is 2. The van der Waals surface area contributed by atoms with Crippen LogP contribution in [-0.4, -0.2) is 31.5 Å². The summed E-state index contributed by atoms with van der Waals surface area (Å²) in [6.07, 6.45) is 0. The number of tetrazole rings is 1. The normalized spacial score (nSPS) is 11.2. The molecule has 8 nitrogen and oxygen atoms in total. The van der Waals surface area contributed by atoms with Gasteiger partial charge in [0, 0.05) is 28.4 Å². The SMILES string of the molecule is O=C(NCc1ccc(-c2nn[nH]n2)cc1)c1cc(F)cc2c(=O)c3cc(F)ccc3[nH]c12. The smallest absolute Gasteiger partial charge is 0.253 e. The van der Waals surface area contributed by atoms with E-state index in [0.717, 1.165) is 29.3 Å². The zero-order valence-electron chi connectivity index (χ0n) is 16.3. The van der Waals surface area contributed by atoms with Crippen molar-refractivity contribution in [2.75, 3.05) is 0 Å². The Labute approximate surface area is 178 Å². The summed E-state index contributed by atoms with van der Waals surface area (Å²) >= 11 is 0. The molecule has 158 valence electrons. The Morgan fingerprint density at radius 1 is 0.969 bits per heavy atom. The molecule has 0 aliphatic carbocycles. The number of fused-ring (bicyclic) bond motifs is 2. The van der Waals surface area contributed by atoms with Crippen molar-refractivity contribution in [1.82, 2.24) is 30.9 Å². The van der Waals surface area contributed by atoms with Crippen molar-refractivity contribution >= 4 is 27.7 Å². The van der Waals surface area contributed by atoms with E-state index in [1.165, 1.54) is 12.1 Å². The molecule has 5 rings (SSSR count). The summed E-state index contributed by atoms with van der Waals surface area (Å²) in [6.45, 7) is 0.173. The number of amides is 1. The van der Waals surface area contributed by atoms with Gasteiger partial charge in [0.1, 0.15) is 11.6 Å². The fourth-order valence-corrected chi connectivity index (χ4v) is 3.53.